The van der Waals surface area contributed by atoms with Gasteiger partial charge in [0.1, 0.15) is 18.8 Å². The van der Waals surface area contributed by atoms with Crippen molar-refractivity contribution in [2.24, 2.45) is 56.7 Å². The molecule has 4 fully saturated rings. The van der Waals surface area contributed by atoms with E-state index in [1.54, 1.807) is 36.4 Å². The van der Waals surface area contributed by atoms with Gasteiger partial charge in [-0.25, -0.2) is 0 Å². The summed E-state index contributed by atoms with van der Waals surface area (Å²) in [4.78, 5) is 80.8. The van der Waals surface area contributed by atoms with E-state index in [9.17, 15) is 24.0 Å². The first-order valence-electron chi connectivity index (χ1n) is 21.5. The summed E-state index contributed by atoms with van der Waals surface area (Å²) in [5.74, 6) is -2.04. The van der Waals surface area contributed by atoms with Crippen LogP contribution < -0.4 is 5.32 Å². The minimum Gasteiger partial charge on any atom is -0.465 e. The number of nitrogens with one attached hydrogen (secondary N) is 1. The predicted molar refractivity (Wildman–Crippen MR) is 222 cm³/mol. The van der Waals surface area contributed by atoms with E-state index in [0.717, 1.165) is 12.0 Å². The summed E-state index contributed by atoms with van der Waals surface area (Å²) in [6.45, 7) is 17.1. The van der Waals surface area contributed by atoms with Crippen molar-refractivity contribution in [2.45, 2.75) is 119 Å². The lowest BCUT2D eigenvalue weighted by Gasteiger charge is -2.71. The second-order valence-electron chi connectivity index (χ2n) is 19.7. The molecule has 1 N–H and O–H groups in total. The molecule has 1 amide bonds. The maximum atomic E-state index is 15.3. The zero-order valence-corrected chi connectivity index (χ0v) is 36.1. The Morgan fingerprint density at radius 2 is 1.41 bits per heavy atom. The Morgan fingerprint density at radius 3 is 2.03 bits per heavy atom. The monoisotopic (exact) mass is 807 g/mol. The largest absolute Gasteiger partial charge is 0.465 e. The number of ether oxygens (including phenoxy) is 3. The molecule has 12 atom stereocenters. The lowest BCUT2D eigenvalue weighted by molar-refractivity contribution is -0.251. The van der Waals surface area contributed by atoms with Crippen LogP contribution in [0.3, 0.4) is 0 Å². The van der Waals surface area contributed by atoms with E-state index < -0.39 is 63.1 Å². The molecule has 5 aliphatic rings. The highest BCUT2D eigenvalue weighted by Gasteiger charge is 2.73. The summed E-state index contributed by atoms with van der Waals surface area (Å²) in [5.41, 5.74) is -0.542. The fourth-order valence-corrected chi connectivity index (χ4v) is 13.5. The van der Waals surface area contributed by atoms with E-state index in [1.165, 1.54) is 20.8 Å². The van der Waals surface area contributed by atoms with Crippen molar-refractivity contribution in [3.8, 4) is 0 Å². The number of rotatable bonds is 8. The normalized spacial score (nSPS) is 38.5. The van der Waals surface area contributed by atoms with E-state index in [4.69, 9.17) is 14.2 Å². The van der Waals surface area contributed by atoms with Gasteiger partial charge in [0, 0.05) is 48.9 Å². The van der Waals surface area contributed by atoms with Crippen molar-refractivity contribution < 1.29 is 43.0 Å². The molecule has 4 saturated carbocycles. The van der Waals surface area contributed by atoms with E-state index in [-0.39, 0.29) is 41.8 Å². The molecule has 0 aromatic heterocycles. The van der Waals surface area contributed by atoms with Crippen LogP contribution in [-0.2, 0) is 38.2 Å². The number of amides is 1. The minimum atomic E-state index is -0.961. The molecule has 316 valence electrons. The molecule has 0 radical (unpaired) electrons. The molecule has 7 rings (SSSR count). The molecule has 0 spiro atoms. The highest BCUT2D eigenvalue weighted by atomic mass is 16.6. The van der Waals surface area contributed by atoms with Gasteiger partial charge in [-0.2, -0.15) is 0 Å². The molecule has 5 aliphatic carbocycles. The van der Waals surface area contributed by atoms with Gasteiger partial charge < -0.3 is 19.5 Å². The number of hydrogen-bond acceptors (Lipinski definition) is 9. The Balaban J connectivity index is 1.26. The highest BCUT2D eigenvalue weighted by Crippen LogP contribution is 2.75. The van der Waals surface area contributed by atoms with Gasteiger partial charge in [-0.15, -0.1) is 0 Å². The summed E-state index contributed by atoms with van der Waals surface area (Å²) in [6.07, 6.45) is 4.79. The number of hydrogen-bond donors (Lipinski definition) is 1. The summed E-state index contributed by atoms with van der Waals surface area (Å²) >= 11 is 0. The van der Waals surface area contributed by atoms with Crippen molar-refractivity contribution in [3.63, 3.8) is 0 Å². The molecule has 10 nitrogen and oxygen atoms in total. The first-order chi connectivity index (χ1) is 27.7. The Hall–Kier alpha value is -4.60. The third-order valence-corrected chi connectivity index (χ3v) is 16.5. The lowest BCUT2D eigenvalue weighted by Crippen LogP contribution is -2.70. The van der Waals surface area contributed by atoms with Crippen LogP contribution in [0.1, 0.15) is 123 Å². The zero-order chi connectivity index (χ0) is 42.9. The maximum absolute atomic E-state index is 15.3. The molecule has 59 heavy (non-hydrogen) atoms. The number of carbonyl (C=O) groups is 6. The van der Waals surface area contributed by atoms with Gasteiger partial charge >= 0.3 is 17.9 Å². The van der Waals surface area contributed by atoms with Gasteiger partial charge in [0.25, 0.3) is 0 Å². The van der Waals surface area contributed by atoms with Gasteiger partial charge in [-0.05, 0) is 115 Å². The summed E-state index contributed by atoms with van der Waals surface area (Å²) in [6, 6.07) is 16.2. The molecule has 0 aliphatic heterocycles. The molecule has 10 heteroatoms. The van der Waals surface area contributed by atoms with Crippen LogP contribution in [0.4, 0.5) is 5.69 Å². The fraction of sp³-hybridized carbons (Fsp3) is 0.592. The van der Waals surface area contributed by atoms with E-state index in [1.807, 2.05) is 31.2 Å². The zero-order valence-electron chi connectivity index (χ0n) is 36.1. The van der Waals surface area contributed by atoms with Crippen LogP contribution >= 0.6 is 0 Å². The van der Waals surface area contributed by atoms with Gasteiger partial charge in [-0.1, -0.05) is 77.4 Å². The molecule has 2 aromatic carbocycles. The fourth-order valence-electron chi connectivity index (χ4n) is 13.5. The molecule has 2 aromatic rings. The molecule has 0 bridgehead atoms. The predicted octanol–water partition coefficient (Wildman–Crippen LogP) is 8.71. The molecular weight excluding hydrogens is 747 g/mol. The number of anilines is 1. The highest BCUT2D eigenvalue weighted by molar-refractivity contribution is 6.09. The van der Waals surface area contributed by atoms with Crippen LogP contribution in [0.15, 0.2) is 66.2 Å². The third kappa shape index (κ3) is 6.77. The second-order valence-corrected chi connectivity index (χ2v) is 19.7. The summed E-state index contributed by atoms with van der Waals surface area (Å²) < 4.78 is 17.7. The van der Waals surface area contributed by atoms with Crippen LogP contribution in [0, 0.1) is 56.7 Å². The lowest BCUT2D eigenvalue weighted by atomic mass is 9.33. The SMILES string of the molecule is CC(=O)OC[C@@]1(C)C2CC[C@]3(C)C(C(=O)C=C4C5[C@@H](C)[C@H](C)CC[C@]5(C(=O)Nc5ccc(C(=O)c6ccccc6)cc5)CC[C@]43C)[C@@]2(C)C[C@@H](OC(C)=O)[C@@H]1OC(C)=O. The van der Waals surface area contributed by atoms with Crippen LogP contribution in [0.25, 0.3) is 0 Å². The third-order valence-electron chi connectivity index (χ3n) is 16.5. The molecule has 0 heterocycles. The van der Waals surface area contributed by atoms with Crippen LogP contribution in [0.2, 0.25) is 0 Å². The summed E-state index contributed by atoms with van der Waals surface area (Å²) in [5, 5.41) is 3.26. The standard InChI is InChI=1S/C49H61NO9/c1-28-19-22-49(44(56)50-35-17-15-34(16-18-35)41(55)33-13-11-10-12-14-33)24-23-47(8)36(40(49)29(28)2)25-37(54)42-45(6)26-38(58-31(4)52)43(59-32(5)53)46(7,27-57-30(3)51)39(45)20-21-48(42,47)9/h10-18,25,28-29,38-40,42-43H,19-24,26-27H2,1-9H3,(H,50,56)/t28-,29+,38-,39?,40?,42?,43+,45+,46+,47-,48-,49+/m1/s1. The Bertz CT molecular complexity index is 2080. The Morgan fingerprint density at radius 1 is 0.763 bits per heavy atom. The number of fused-ring (bicyclic) bond motifs is 7. The van der Waals surface area contributed by atoms with Crippen molar-refractivity contribution in [1.29, 1.82) is 0 Å². The number of esters is 3. The molecule has 3 unspecified atom stereocenters. The molecular formula is C49H61NO9. The van der Waals surface area contributed by atoms with Crippen LogP contribution in [-0.4, -0.2) is 54.2 Å². The molecule has 0 saturated heterocycles. The van der Waals surface area contributed by atoms with Crippen LogP contribution in [0.5, 0.6) is 0 Å². The van der Waals surface area contributed by atoms with E-state index in [0.29, 0.717) is 61.3 Å². The number of allylic oxidation sites excluding steroid dienone is 2. The van der Waals surface area contributed by atoms with Crippen molar-refractivity contribution >= 4 is 41.1 Å². The maximum Gasteiger partial charge on any atom is 0.303 e. The summed E-state index contributed by atoms with van der Waals surface area (Å²) in [7, 11) is 0. The average molecular weight is 808 g/mol. The van der Waals surface area contributed by atoms with Crippen molar-refractivity contribution in [3.05, 3.63) is 77.4 Å². The number of benzene rings is 2. The van der Waals surface area contributed by atoms with Gasteiger partial charge in [0.05, 0.1) is 5.41 Å². The van der Waals surface area contributed by atoms with Crippen molar-refractivity contribution in [1.82, 2.24) is 0 Å². The van der Waals surface area contributed by atoms with E-state index >= 15 is 4.79 Å². The first kappa shape index (κ1) is 42.5. The number of carbonyl (C=O) groups excluding carboxylic acids is 6. The van der Waals surface area contributed by atoms with E-state index in [2.05, 4.69) is 39.9 Å². The Labute approximate surface area is 348 Å². The Kier molecular flexibility index (Phi) is 10.9. The second kappa shape index (κ2) is 15.1. The van der Waals surface area contributed by atoms with Gasteiger partial charge in [-0.3, -0.25) is 28.8 Å². The van der Waals surface area contributed by atoms with Gasteiger partial charge in [0.2, 0.25) is 5.91 Å². The average Bonchev–Trinajstić information content (AvgIpc) is 3.17. The smallest absolute Gasteiger partial charge is 0.303 e. The van der Waals surface area contributed by atoms with Gasteiger partial charge in [0.15, 0.2) is 11.6 Å². The minimum absolute atomic E-state index is 0.00910. The topological polar surface area (TPSA) is 142 Å². The quantitative estimate of drug-likeness (QED) is 0.158. The first-order valence-corrected chi connectivity index (χ1v) is 21.5. The van der Waals surface area contributed by atoms with Crippen molar-refractivity contribution in [2.75, 3.05) is 11.9 Å². The number of ketones is 2.